The Bertz CT molecular complexity index is 758. The molecule has 5 heteroatoms. The van der Waals surface area contributed by atoms with Crippen LogP contribution in [0.2, 0.25) is 0 Å². The second-order valence-electron chi connectivity index (χ2n) is 6.10. The predicted octanol–water partition coefficient (Wildman–Crippen LogP) is 3.54. The number of nitrogens with one attached hydrogen (secondary N) is 1. The maximum absolute atomic E-state index is 12.3. The van der Waals surface area contributed by atoms with Crippen LogP contribution >= 0.6 is 15.9 Å². The molecule has 1 N–H and O–H groups in total. The monoisotopic (exact) mass is 386 g/mol. The van der Waals surface area contributed by atoms with Crippen LogP contribution < -0.4 is 10.2 Å². The zero-order valence-electron chi connectivity index (χ0n) is 13.5. The Labute approximate surface area is 150 Å². The molecule has 1 unspecified atom stereocenters. The van der Waals surface area contributed by atoms with Crippen LogP contribution in [0.25, 0.3) is 0 Å². The Morgan fingerprint density at radius 1 is 1.21 bits per heavy atom. The molecule has 1 aliphatic heterocycles. The van der Waals surface area contributed by atoms with E-state index in [1.807, 2.05) is 49.4 Å². The number of carbonyl (C=O) groups excluding carboxylic acids is 2. The zero-order chi connectivity index (χ0) is 17.1. The molecule has 1 fully saturated rings. The molecular formula is C19H19BrN2O2. The Balaban J connectivity index is 1.59. The SMILES string of the molecule is Cc1ccc(N2CC(CNC(=O)c3ccccc3Br)CC2=O)cc1. The van der Waals surface area contributed by atoms with E-state index < -0.39 is 0 Å². The minimum absolute atomic E-state index is 0.110. The van der Waals surface area contributed by atoms with Crippen molar-refractivity contribution < 1.29 is 9.59 Å². The third kappa shape index (κ3) is 3.67. The van der Waals surface area contributed by atoms with Gasteiger partial charge in [-0.15, -0.1) is 0 Å². The van der Waals surface area contributed by atoms with Crippen LogP contribution in [0.1, 0.15) is 22.3 Å². The summed E-state index contributed by atoms with van der Waals surface area (Å²) in [4.78, 5) is 26.3. The van der Waals surface area contributed by atoms with Gasteiger partial charge in [-0.2, -0.15) is 0 Å². The second-order valence-corrected chi connectivity index (χ2v) is 6.95. The summed E-state index contributed by atoms with van der Waals surface area (Å²) >= 11 is 3.38. The topological polar surface area (TPSA) is 49.4 Å². The number of aryl methyl sites for hydroxylation is 1. The normalized spacial score (nSPS) is 17.2. The summed E-state index contributed by atoms with van der Waals surface area (Å²) in [7, 11) is 0. The summed E-state index contributed by atoms with van der Waals surface area (Å²) in [5, 5.41) is 2.94. The lowest BCUT2D eigenvalue weighted by Gasteiger charge is -2.17. The summed E-state index contributed by atoms with van der Waals surface area (Å²) in [6, 6.07) is 15.3. The largest absolute Gasteiger partial charge is 0.352 e. The van der Waals surface area contributed by atoms with E-state index in [4.69, 9.17) is 0 Å². The molecule has 2 amide bonds. The van der Waals surface area contributed by atoms with Gasteiger partial charge in [0.15, 0.2) is 0 Å². The number of nitrogens with zero attached hydrogens (tertiary/aromatic N) is 1. The molecular weight excluding hydrogens is 368 g/mol. The van der Waals surface area contributed by atoms with E-state index in [0.717, 1.165) is 10.2 Å². The average Bonchev–Trinajstić information content (AvgIpc) is 2.95. The number of hydrogen-bond acceptors (Lipinski definition) is 2. The van der Waals surface area contributed by atoms with Crippen molar-refractivity contribution in [1.29, 1.82) is 0 Å². The van der Waals surface area contributed by atoms with Crippen molar-refractivity contribution in [3.63, 3.8) is 0 Å². The Morgan fingerprint density at radius 3 is 2.62 bits per heavy atom. The molecule has 0 aliphatic carbocycles. The van der Waals surface area contributed by atoms with Gasteiger partial charge in [-0.05, 0) is 47.1 Å². The number of carbonyl (C=O) groups is 2. The van der Waals surface area contributed by atoms with Gasteiger partial charge in [-0.25, -0.2) is 0 Å². The van der Waals surface area contributed by atoms with Crippen molar-refractivity contribution in [1.82, 2.24) is 5.32 Å². The lowest BCUT2D eigenvalue weighted by molar-refractivity contribution is -0.117. The Kier molecular flexibility index (Phi) is 5.00. The van der Waals surface area contributed by atoms with E-state index in [-0.39, 0.29) is 17.7 Å². The lowest BCUT2D eigenvalue weighted by Crippen LogP contribution is -2.31. The highest BCUT2D eigenvalue weighted by Gasteiger charge is 2.30. The molecule has 124 valence electrons. The highest BCUT2D eigenvalue weighted by Crippen LogP contribution is 2.25. The zero-order valence-corrected chi connectivity index (χ0v) is 15.0. The minimum atomic E-state index is -0.122. The van der Waals surface area contributed by atoms with E-state index in [0.29, 0.717) is 25.1 Å². The minimum Gasteiger partial charge on any atom is -0.352 e. The summed E-state index contributed by atoms with van der Waals surface area (Å²) in [5.74, 6) is 0.118. The molecule has 0 saturated carbocycles. The summed E-state index contributed by atoms with van der Waals surface area (Å²) in [5.41, 5.74) is 2.70. The van der Waals surface area contributed by atoms with Crippen LogP contribution in [0.5, 0.6) is 0 Å². The molecule has 1 heterocycles. The van der Waals surface area contributed by atoms with E-state index in [2.05, 4.69) is 21.2 Å². The van der Waals surface area contributed by atoms with Crippen LogP contribution in [0.3, 0.4) is 0 Å². The lowest BCUT2D eigenvalue weighted by atomic mass is 10.1. The molecule has 3 rings (SSSR count). The third-order valence-electron chi connectivity index (χ3n) is 4.22. The first-order chi connectivity index (χ1) is 11.5. The van der Waals surface area contributed by atoms with Crippen molar-refractivity contribution in [3.05, 3.63) is 64.1 Å². The highest BCUT2D eigenvalue weighted by molar-refractivity contribution is 9.10. The van der Waals surface area contributed by atoms with Gasteiger partial charge in [0, 0.05) is 35.6 Å². The van der Waals surface area contributed by atoms with Crippen LogP contribution in [0.4, 0.5) is 5.69 Å². The fraction of sp³-hybridized carbons (Fsp3) is 0.263. The molecule has 0 spiro atoms. The van der Waals surface area contributed by atoms with Crippen LogP contribution in [0, 0.1) is 12.8 Å². The maximum Gasteiger partial charge on any atom is 0.252 e. The maximum atomic E-state index is 12.3. The molecule has 1 aliphatic rings. The average molecular weight is 387 g/mol. The number of rotatable bonds is 4. The molecule has 0 aromatic heterocycles. The van der Waals surface area contributed by atoms with E-state index in [1.54, 1.807) is 11.0 Å². The second kappa shape index (κ2) is 7.18. The van der Waals surface area contributed by atoms with Gasteiger partial charge in [0.25, 0.3) is 5.91 Å². The first kappa shape index (κ1) is 16.7. The van der Waals surface area contributed by atoms with E-state index in [9.17, 15) is 9.59 Å². The molecule has 2 aromatic carbocycles. The highest BCUT2D eigenvalue weighted by atomic mass is 79.9. The summed E-state index contributed by atoms with van der Waals surface area (Å²) in [6.45, 7) is 3.15. The Morgan fingerprint density at radius 2 is 1.92 bits per heavy atom. The molecule has 1 saturated heterocycles. The molecule has 0 bridgehead atoms. The van der Waals surface area contributed by atoms with Crippen molar-refractivity contribution >= 4 is 33.4 Å². The predicted molar refractivity (Wildman–Crippen MR) is 98.1 cm³/mol. The first-order valence-electron chi connectivity index (χ1n) is 7.94. The smallest absolute Gasteiger partial charge is 0.252 e. The third-order valence-corrected chi connectivity index (χ3v) is 4.91. The number of benzene rings is 2. The van der Waals surface area contributed by atoms with E-state index in [1.165, 1.54) is 5.56 Å². The number of anilines is 1. The van der Waals surface area contributed by atoms with Gasteiger partial charge in [0.2, 0.25) is 5.91 Å². The molecule has 1 atom stereocenters. The van der Waals surface area contributed by atoms with Crippen molar-refractivity contribution in [3.8, 4) is 0 Å². The van der Waals surface area contributed by atoms with Crippen LogP contribution in [-0.2, 0) is 4.79 Å². The van der Waals surface area contributed by atoms with Crippen molar-refractivity contribution in [2.45, 2.75) is 13.3 Å². The summed E-state index contributed by atoms with van der Waals surface area (Å²) in [6.07, 6.45) is 0.462. The number of amides is 2. The number of halogens is 1. The van der Waals surface area contributed by atoms with Gasteiger partial charge in [-0.1, -0.05) is 29.8 Å². The van der Waals surface area contributed by atoms with Gasteiger partial charge in [0.1, 0.15) is 0 Å². The van der Waals surface area contributed by atoms with Crippen molar-refractivity contribution in [2.24, 2.45) is 5.92 Å². The fourth-order valence-electron chi connectivity index (χ4n) is 2.87. The fourth-order valence-corrected chi connectivity index (χ4v) is 3.33. The van der Waals surface area contributed by atoms with E-state index >= 15 is 0 Å². The Hall–Kier alpha value is -2.14. The van der Waals surface area contributed by atoms with Crippen LogP contribution in [-0.4, -0.2) is 24.9 Å². The van der Waals surface area contributed by atoms with Crippen molar-refractivity contribution in [2.75, 3.05) is 18.0 Å². The van der Waals surface area contributed by atoms with Gasteiger partial charge in [0.05, 0.1) is 5.56 Å². The quantitative estimate of drug-likeness (QED) is 0.873. The van der Waals surface area contributed by atoms with Gasteiger partial charge < -0.3 is 10.2 Å². The molecule has 4 nitrogen and oxygen atoms in total. The van der Waals surface area contributed by atoms with Crippen LogP contribution in [0.15, 0.2) is 53.0 Å². The molecule has 2 aromatic rings. The molecule has 0 radical (unpaired) electrons. The number of hydrogen-bond donors (Lipinski definition) is 1. The van der Waals surface area contributed by atoms with Gasteiger partial charge in [-0.3, -0.25) is 9.59 Å². The molecule has 24 heavy (non-hydrogen) atoms. The summed E-state index contributed by atoms with van der Waals surface area (Å²) < 4.78 is 0.770. The standard InChI is InChI=1S/C19H19BrN2O2/c1-13-6-8-15(9-7-13)22-12-14(10-18(22)23)11-21-19(24)16-4-2-3-5-17(16)20/h2-9,14H,10-12H2,1H3,(H,21,24). The van der Waals surface area contributed by atoms with Gasteiger partial charge >= 0.3 is 0 Å². The first-order valence-corrected chi connectivity index (χ1v) is 8.73.